The molecular formula is C11H18N2O2. The van der Waals surface area contributed by atoms with E-state index in [0.29, 0.717) is 12.3 Å². The SMILES string of the molecule is CC(C)CCC(C)(N)N1C(=O)C=CC1=O. The zero-order valence-electron chi connectivity index (χ0n) is 9.49. The predicted octanol–water partition coefficient (Wildman–Crippen LogP) is 1.02. The van der Waals surface area contributed by atoms with E-state index in [4.69, 9.17) is 5.73 Å². The standard InChI is InChI=1S/C11H18N2O2/c1-8(2)6-7-11(3,12)13-9(14)4-5-10(13)15/h4-5,8H,6-7,12H2,1-3H3. The molecule has 0 aromatic carbocycles. The third-order valence-electron chi connectivity index (χ3n) is 2.55. The van der Waals surface area contributed by atoms with Crippen molar-refractivity contribution in [3.05, 3.63) is 12.2 Å². The van der Waals surface area contributed by atoms with Gasteiger partial charge in [-0.15, -0.1) is 0 Å². The van der Waals surface area contributed by atoms with E-state index in [0.717, 1.165) is 11.3 Å². The van der Waals surface area contributed by atoms with Crippen LogP contribution in [-0.2, 0) is 9.59 Å². The minimum atomic E-state index is -0.873. The average molecular weight is 210 g/mol. The van der Waals surface area contributed by atoms with Crippen molar-refractivity contribution in [2.24, 2.45) is 11.7 Å². The number of imide groups is 1. The van der Waals surface area contributed by atoms with E-state index < -0.39 is 5.66 Å². The summed E-state index contributed by atoms with van der Waals surface area (Å²) in [5.74, 6) is -0.115. The lowest BCUT2D eigenvalue weighted by Crippen LogP contribution is -2.56. The van der Waals surface area contributed by atoms with Crippen LogP contribution in [0.15, 0.2) is 12.2 Å². The third-order valence-corrected chi connectivity index (χ3v) is 2.55. The quantitative estimate of drug-likeness (QED) is 0.705. The van der Waals surface area contributed by atoms with Crippen LogP contribution < -0.4 is 5.73 Å². The maximum Gasteiger partial charge on any atom is 0.255 e. The molecule has 1 heterocycles. The van der Waals surface area contributed by atoms with Gasteiger partial charge in [0, 0.05) is 12.2 Å². The summed E-state index contributed by atoms with van der Waals surface area (Å²) in [6.45, 7) is 5.89. The van der Waals surface area contributed by atoms with Gasteiger partial charge in [-0.1, -0.05) is 13.8 Å². The zero-order valence-corrected chi connectivity index (χ0v) is 9.49. The Morgan fingerprint density at radius 1 is 1.33 bits per heavy atom. The van der Waals surface area contributed by atoms with E-state index in [-0.39, 0.29) is 11.8 Å². The molecule has 1 atom stereocenters. The number of nitrogens with two attached hydrogens (primary N) is 1. The zero-order chi connectivity index (χ0) is 11.6. The molecule has 2 amide bonds. The van der Waals surface area contributed by atoms with Crippen molar-refractivity contribution in [1.29, 1.82) is 0 Å². The largest absolute Gasteiger partial charge is 0.308 e. The van der Waals surface area contributed by atoms with Crippen LogP contribution in [0, 0.1) is 5.92 Å². The molecule has 0 fully saturated rings. The van der Waals surface area contributed by atoms with Crippen LogP contribution in [0.25, 0.3) is 0 Å². The van der Waals surface area contributed by atoms with E-state index in [9.17, 15) is 9.59 Å². The van der Waals surface area contributed by atoms with Gasteiger partial charge < -0.3 is 5.73 Å². The van der Waals surface area contributed by atoms with Crippen molar-refractivity contribution >= 4 is 11.8 Å². The van der Waals surface area contributed by atoms with E-state index >= 15 is 0 Å². The fourth-order valence-corrected chi connectivity index (χ4v) is 1.60. The molecule has 84 valence electrons. The second kappa shape index (κ2) is 4.14. The lowest BCUT2D eigenvalue weighted by molar-refractivity contribution is -0.143. The van der Waals surface area contributed by atoms with Gasteiger partial charge in [-0.3, -0.25) is 14.5 Å². The van der Waals surface area contributed by atoms with E-state index in [2.05, 4.69) is 13.8 Å². The number of rotatable bonds is 4. The Kier molecular flexibility index (Phi) is 3.29. The normalized spacial score (nSPS) is 20.2. The monoisotopic (exact) mass is 210 g/mol. The summed E-state index contributed by atoms with van der Waals surface area (Å²) in [6, 6.07) is 0. The molecule has 0 saturated carbocycles. The molecule has 1 unspecified atom stereocenters. The molecule has 0 radical (unpaired) electrons. The Morgan fingerprint density at radius 2 is 1.80 bits per heavy atom. The van der Waals surface area contributed by atoms with Crippen molar-refractivity contribution in [2.75, 3.05) is 0 Å². The average Bonchev–Trinajstić information content (AvgIpc) is 2.43. The molecule has 0 spiro atoms. The fraction of sp³-hybridized carbons (Fsp3) is 0.636. The number of carbonyl (C=O) groups excluding carboxylic acids is 2. The molecule has 1 aliphatic rings. The third kappa shape index (κ3) is 2.65. The first-order valence-corrected chi connectivity index (χ1v) is 5.19. The smallest absolute Gasteiger partial charge is 0.255 e. The van der Waals surface area contributed by atoms with Crippen molar-refractivity contribution < 1.29 is 9.59 Å². The van der Waals surface area contributed by atoms with E-state index in [1.54, 1.807) is 6.92 Å². The van der Waals surface area contributed by atoms with Crippen LogP contribution in [0.5, 0.6) is 0 Å². The summed E-state index contributed by atoms with van der Waals surface area (Å²) in [4.78, 5) is 24.0. The molecule has 0 aromatic heterocycles. The summed E-state index contributed by atoms with van der Waals surface area (Å²) >= 11 is 0. The van der Waals surface area contributed by atoms with Gasteiger partial charge >= 0.3 is 0 Å². The van der Waals surface area contributed by atoms with Gasteiger partial charge in [-0.2, -0.15) is 0 Å². The molecule has 4 heteroatoms. The Bertz CT molecular complexity index is 288. The van der Waals surface area contributed by atoms with Crippen molar-refractivity contribution in [3.63, 3.8) is 0 Å². The molecule has 0 aliphatic carbocycles. The summed E-state index contributed by atoms with van der Waals surface area (Å²) in [5.41, 5.74) is 5.12. The minimum Gasteiger partial charge on any atom is -0.308 e. The highest BCUT2D eigenvalue weighted by molar-refractivity contribution is 6.13. The van der Waals surface area contributed by atoms with Crippen LogP contribution in [0.3, 0.4) is 0 Å². The van der Waals surface area contributed by atoms with Crippen LogP contribution in [0.4, 0.5) is 0 Å². The topological polar surface area (TPSA) is 63.4 Å². The molecular weight excluding hydrogens is 192 g/mol. The Morgan fingerprint density at radius 3 is 2.20 bits per heavy atom. The Labute approximate surface area is 90.1 Å². The van der Waals surface area contributed by atoms with Crippen LogP contribution in [0.1, 0.15) is 33.6 Å². The van der Waals surface area contributed by atoms with Crippen LogP contribution in [-0.4, -0.2) is 22.4 Å². The minimum absolute atomic E-state index is 0.311. The predicted molar refractivity (Wildman–Crippen MR) is 57.7 cm³/mol. The molecule has 1 rings (SSSR count). The molecule has 1 aliphatic heterocycles. The van der Waals surface area contributed by atoms with Crippen molar-refractivity contribution in [2.45, 2.75) is 39.3 Å². The first-order valence-electron chi connectivity index (χ1n) is 5.19. The van der Waals surface area contributed by atoms with Crippen molar-refractivity contribution in [1.82, 2.24) is 4.90 Å². The van der Waals surface area contributed by atoms with Crippen LogP contribution >= 0.6 is 0 Å². The number of amides is 2. The first kappa shape index (κ1) is 11.9. The molecule has 15 heavy (non-hydrogen) atoms. The van der Waals surface area contributed by atoms with Gasteiger partial charge in [0.2, 0.25) is 0 Å². The summed E-state index contributed by atoms with van der Waals surface area (Å²) in [6.07, 6.45) is 4.06. The molecule has 0 saturated heterocycles. The van der Waals surface area contributed by atoms with E-state index in [1.165, 1.54) is 12.2 Å². The number of hydrogen-bond acceptors (Lipinski definition) is 3. The number of carbonyl (C=O) groups is 2. The second-order valence-corrected chi connectivity index (χ2v) is 4.63. The maximum atomic E-state index is 11.4. The van der Waals surface area contributed by atoms with Gasteiger partial charge in [-0.25, -0.2) is 0 Å². The van der Waals surface area contributed by atoms with Crippen molar-refractivity contribution in [3.8, 4) is 0 Å². The Hall–Kier alpha value is -1.16. The number of hydrogen-bond donors (Lipinski definition) is 1. The lowest BCUT2D eigenvalue weighted by atomic mass is 9.99. The molecule has 0 aromatic rings. The highest BCUT2D eigenvalue weighted by Crippen LogP contribution is 2.21. The Balaban J connectivity index is 2.69. The summed E-state index contributed by atoms with van der Waals surface area (Å²) < 4.78 is 0. The van der Waals surface area contributed by atoms with Gasteiger partial charge in [-0.05, 0) is 25.7 Å². The summed E-state index contributed by atoms with van der Waals surface area (Å²) in [5, 5.41) is 0. The first-order chi connectivity index (χ1) is 6.84. The van der Waals surface area contributed by atoms with E-state index in [1.807, 2.05) is 0 Å². The fourth-order valence-electron chi connectivity index (χ4n) is 1.60. The maximum absolute atomic E-state index is 11.4. The van der Waals surface area contributed by atoms with Gasteiger partial charge in [0.25, 0.3) is 11.8 Å². The summed E-state index contributed by atoms with van der Waals surface area (Å²) in [7, 11) is 0. The van der Waals surface area contributed by atoms with Gasteiger partial charge in [0.15, 0.2) is 0 Å². The molecule has 0 bridgehead atoms. The lowest BCUT2D eigenvalue weighted by Gasteiger charge is -2.34. The molecule has 4 nitrogen and oxygen atoms in total. The second-order valence-electron chi connectivity index (χ2n) is 4.63. The van der Waals surface area contributed by atoms with Crippen LogP contribution in [0.2, 0.25) is 0 Å². The van der Waals surface area contributed by atoms with Gasteiger partial charge in [0.1, 0.15) is 0 Å². The number of nitrogens with zero attached hydrogens (tertiary/aromatic N) is 1. The highest BCUT2D eigenvalue weighted by atomic mass is 16.2. The van der Waals surface area contributed by atoms with Gasteiger partial charge in [0.05, 0.1) is 5.66 Å². The molecule has 2 N–H and O–H groups in total. The highest BCUT2D eigenvalue weighted by Gasteiger charge is 2.37.